The van der Waals surface area contributed by atoms with Crippen molar-refractivity contribution in [1.82, 2.24) is 15.0 Å². The van der Waals surface area contributed by atoms with E-state index in [1.165, 1.54) is 23.2 Å². The van der Waals surface area contributed by atoms with Gasteiger partial charge in [0.15, 0.2) is 17.2 Å². The number of aromatic amines is 1. The minimum atomic E-state index is -0.763. The number of nitriles is 1. The highest BCUT2D eigenvalue weighted by atomic mass is 19.1. The third-order valence-corrected chi connectivity index (χ3v) is 7.20. The first-order valence-electron chi connectivity index (χ1n) is 13.2. The zero-order valence-electron chi connectivity index (χ0n) is 22.3. The van der Waals surface area contributed by atoms with Gasteiger partial charge >= 0.3 is 5.76 Å². The second-order valence-electron chi connectivity index (χ2n) is 9.70. The third-order valence-electron chi connectivity index (χ3n) is 7.20. The molecule has 2 aromatic carbocycles. The number of H-pyrrole nitrogens is 1. The fraction of sp³-hybridized carbons (Fsp3) is 0.321. The van der Waals surface area contributed by atoms with Crippen LogP contribution in [0.4, 0.5) is 33.2 Å². The lowest BCUT2D eigenvalue weighted by Gasteiger charge is -2.45. The van der Waals surface area contributed by atoms with Crippen molar-refractivity contribution in [1.29, 1.82) is 5.26 Å². The summed E-state index contributed by atoms with van der Waals surface area (Å²) in [5.41, 5.74) is 1.51. The highest BCUT2D eigenvalue weighted by molar-refractivity contribution is 6.10. The van der Waals surface area contributed by atoms with Crippen LogP contribution in [-0.4, -0.2) is 52.8 Å². The van der Waals surface area contributed by atoms with Gasteiger partial charge in [-0.15, -0.1) is 0 Å². The molecule has 4 aromatic rings. The zero-order valence-corrected chi connectivity index (χ0v) is 22.3. The fourth-order valence-corrected chi connectivity index (χ4v) is 5.34. The van der Waals surface area contributed by atoms with Gasteiger partial charge in [-0.2, -0.15) is 10.2 Å². The molecule has 0 spiro atoms. The monoisotopic (exact) mass is 559 g/mol. The van der Waals surface area contributed by atoms with Crippen LogP contribution in [0, 0.1) is 17.1 Å². The molecule has 41 heavy (non-hydrogen) atoms. The van der Waals surface area contributed by atoms with Gasteiger partial charge in [0.2, 0.25) is 5.95 Å². The van der Waals surface area contributed by atoms with E-state index >= 15 is 0 Å². The number of benzene rings is 2. The molecule has 2 N–H and O–H groups in total. The first kappa shape index (κ1) is 26.3. The number of hydrogen-bond acceptors (Lipinski definition) is 10. The number of aromatic nitrogens is 3. The first-order chi connectivity index (χ1) is 19.9. The Labute approximate surface area is 233 Å². The Balaban J connectivity index is 1.44. The van der Waals surface area contributed by atoms with Crippen LogP contribution in [0.2, 0.25) is 0 Å². The lowest BCUT2D eigenvalue weighted by atomic mass is 10.0. The van der Waals surface area contributed by atoms with E-state index in [4.69, 9.17) is 18.9 Å². The van der Waals surface area contributed by atoms with Crippen LogP contribution in [-0.2, 0) is 9.53 Å². The number of rotatable bonds is 6. The van der Waals surface area contributed by atoms with E-state index in [-0.39, 0.29) is 34.7 Å². The lowest BCUT2D eigenvalue weighted by molar-refractivity contribution is -0.119. The summed E-state index contributed by atoms with van der Waals surface area (Å²) in [7, 11) is 0. The molecule has 13 heteroatoms. The molecule has 1 fully saturated rings. The summed E-state index contributed by atoms with van der Waals surface area (Å²) in [4.78, 5) is 40.4. The van der Waals surface area contributed by atoms with Crippen LogP contribution in [0.5, 0.6) is 5.75 Å². The summed E-state index contributed by atoms with van der Waals surface area (Å²) < 4.78 is 30.7. The van der Waals surface area contributed by atoms with Crippen LogP contribution >= 0.6 is 0 Å². The van der Waals surface area contributed by atoms with Gasteiger partial charge in [0.25, 0.3) is 5.91 Å². The maximum Gasteiger partial charge on any atom is 0.417 e. The topological polar surface area (TPSA) is 150 Å². The molecule has 1 saturated heterocycles. The Morgan fingerprint density at radius 1 is 1.24 bits per heavy atom. The summed E-state index contributed by atoms with van der Waals surface area (Å²) in [6.45, 7) is 5.16. The number of ether oxygens (including phenoxy) is 2. The lowest BCUT2D eigenvalue weighted by Crippen LogP contribution is -2.56. The molecular formula is C28H26FN7O5. The number of fused-ring (bicyclic) bond motifs is 2. The van der Waals surface area contributed by atoms with E-state index in [0.717, 1.165) is 0 Å². The number of carbonyl (C=O) groups is 1. The van der Waals surface area contributed by atoms with E-state index in [1.54, 1.807) is 18.2 Å². The predicted octanol–water partition coefficient (Wildman–Crippen LogP) is 4.12. The number of nitrogens with zero attached hydrogens (tertiary/aromatic N) is 5. The number of halogens is 1. The predicted molar refractivity (Wildman–Crippen MR) is 147 cm³/mol. The average Bonchev–Trinajstić information content (AvgIpc) is 3.35. The van der Waals surface area contributed by atoms with Crippen LogP contribution < -0.4 is 25.6 Å². The molecule has 210 valence electrons. The fourth-order valence-electron chi connectivity index (χ4n) is 5.34. The van der Waals surface area contributed by atoms with Gasteiger partial charge < -0.3 is 24.1 Å². The number of anilines is 5. The first-order valence-corrected chi connectivity index (χ1v) is 13.2. The number of carbonyl (C=O) groups excluding carboxylic acids is 1. The van der Waals surface area contributed by atoms with E-state index in [1.807, 2.05) is 18.7 Å². The van der Waals surface area contributed by atoms with Crippen LogP contribution in [0.3, 0.4) is 0 Å². The van der Waals surface area contributed by atoms with Gasteiger partial charge in [-0.25, -0.2) is 14.2 Å². The van der Waals surface area contributed by atoms with E-state index in [9.17, 15) is 19.2 Å². The quantitative estimate of drug-likeness (QED) is 0.353. The van der Waals surface area contributed by atoms with Crippen molar-refractivity contribution in [3.63, 3.8) is 0 Å². The number of amides is 1. The van der Waals surface area contributed by atoms with Crippen molar-refractivity contribution in [2.45, 2.75) is 38.8 Å². The highest BCUT2D eigenvalue weighted by Gasteiger charge is 2.41. The van der Waals surface area contributed by atoms with Gasteiger partial charge in [-0.1, -0.05) is 0 Å². The molecule has 0 unspecified atom stereocenters. The minimum absolute atomic E-state index is 0.00993. The standard InChI is InChI=1S/C28H26FN7O5/c1-3-40-22-5-4-19(10-16(22)13-30)36-21-14-31-27(32-17-11-20(29)24-23(12-17)41-28(38)33-24)34-25(21)35(15(2)26(36)37)18-6-8-39-9-7-18/h4-5,10-12,14-15,18H,3,6-9H2,1-2H3,(H,33,38)(H,31,32,34)/t15-/m1/s1. The summed E-state index contributed by atoms with van der Waals surface area (Å²) in [6.07, 6.45) is 2.94. The van der Waals surface area contributed by atoms with Crippen LogP contribution in [0.25, 0.3) is 11.1 Å². The molecule has 0 saturated carbocycles. The Kier molecular flexibility index (Phi) is 6.76. The van der Waals surface area contributed by atoms with Gasteiger partial charge in [-0.3, -0.25) is 14.7 Å². The Hall–Kier alpha value is -4.96. The molecule has 0 bridgehead atoms. The number of hydrogen-bond donors (Lipinski definition) is 2. The van der Waals surface area contributed by atoms with E-state index in [2.05, 4.69) is 21.4 Å². The maximum atomic E-state index is 14.6. The Morgan fingerprint density at radius 2 is 2.05 bits per heavy atom. The molecule has 4 heterocycles. The maximum absolute atomic E-state index is 14.6. The van der Waals surface area contributed by atoms with Gasteiger partial charge in [-0.05, 0) is 51.0 Å². The summed E-state index contributed by atoms with van der Waals surface area (Å²) in [5.74, 6) is -0.547. The molecule has 12 nitrogen and oxygen atoms in total. The summed E-state index contributed by atoms with van der Waals surface area (Å²) in [5, 5.41) is 12.7. The third kappa shape index (κ3) is 4.72. The Morgan fingerprint density at radius 3 is 2.80 bits per heavy atom. The second-order valence-corrected chi connectivity index (χ2v) is 9.70. The largest absolute Gasteiger partial charge is 0.492 e. The molecule has 1 atom stereocenters. The number of oxazole rings is 1. The van der Waals surface area contributed by atoms with Gasteiger partial charge in [0.1, 0.15) is 29.1 Å². The van der Waals surface area contributed by atoms with Gasteiger partial charge in [0, 0.05) is 31.0 Å². The SMILES string of the molecule is CCOc1ccc(N2C(=O)[C@@H](C)N(C3CCOCC3)c3nc(Nc4cc(F)c5[nH]c(=O)oc5c4)ncc32)cc1C#N. The normalized spacial score (nSPS) is 17.4. The van der Waals surface area contributed by atoms with Crippen LogP contribution in [0.15, 0.2) is 45.7 Å². The smallest absolute Gasteiger partial charge is 0.417 e. The second kappa shape index (κ2) is 10.5. The van der Waals surface area contributed by atoms with Crippen molar-refractivity contribution in [3.05, 3.63) is 58.5 Å². The molecule has 6 rings (SSSR count). The molecule has 2 aliphatic heterocycles. The summed E-state index contributed by atoms with van der Waals surface area (Å²) in [6, 6.07) is 9.21. The van der Waals surface area contributed by atoms with Crippen molar-refractivity contribution < 1.29 is 23.1 Å². The molecule has 2 aromatic heterocycles. The van der Waals surface area contributed by atoms with Crippen molar-refractivity contribution in [2.24, 2.45) is 0 Å². The van der Waals surface area contributed by atoms with Crippen molar-refractivity contribution in [2.75, 3.05) is 34.9 Å². The zero-order chi connectivity index (χ0) is 28.7. The van der Waals surface area contributed by atoms with Crippen LogP contribution in [0.1, 0.15) is 32.3 Å². The molecule has 2 aliphatic rings. The van der Waals surface area contributed by atoms with Crippen molar-refractivity contribution >= 4 is 45.8 Å². The highest BCUT2D eigenvalue weighted by Crippen LogP contribution is 2.42. The number of nitrogens with one attached hydrogen (secondary N) is 2. The minimum Gasteiger partial charge on any atom is -0.492 e. The van der Waals surface area contributed by atoms with Crippen molar-refractivity contribution in [3.8, 4) is 11.8 Å². The molecule has 1 amide bonds. The molecule has 0 aliphatic carbocycles. The average molecular weight is 560 g/mol. The van der Waals surface area contributed by atoms with E-state index < -0.39 is 17.6 Å². The van der Waals surface area contributed by atoms with Gasteiger partial charge in [0.05, 0.1) is 24.1 Å². The molecular weight excluding hydrogens is 533 g/mol. The summed E-state index contributed by atoms with van der Waals surface area (Å²) >= 11 is 0. The molecule has 0 radical (unpaired) electrons. The van der Waals surface area contributed by atoms with E-state index in [0.29, 0.717) is 61.2 Å². The Bertz CT molecular complexity index is 1740.